The lowest BCUT2D eigenvalue weighted by molar-refractivity contribution is 0.612. The summed E-state index contributed by atoms with van der Waals surface area (Å²) in [7, 11) is 0. The molecule has 10 rings (SSSR count). The molecule has 1 aliphatic heterocycles. The number of hydrogen-bond donors (Lipinski definition) is 0. The van der Waals surface area contributed by atoms with E-state index in [1.807, 2.05) is 0 Å². The van der Waals surface area contributed by atoms with Gasteiger partial charge in [-0.15, -0.1) is 0 Å². The molecule has 4 aliphatic carbocycles. The van der Waals surface area contributed by atoms with E-state index in [0.29, 0.717) is 0 Å². The smallest absolute Gasteiger partial charge is 0.0645 e. The van der Waals surface area contributed by atoms with E-state index in [1.165, 1.54) is 83.4 Å². The van der Waals surface area contributed by atoms with Crippen molar-refractivity contribution >= 4 is 33.3 Å². The summed E-state index contributed by atoms with van der Waals surface area (Å²) in [6.07, 6.45) is 8.08. The molecule has 1 atom stereocenters. The monoisotopic (exact) mass is 579 g/mol. The van der Waals surface area contributed by atoms with Crippen LogP contribution in [-0.2, 0) is 17.3 Å². The molecule has 0 amide bonds. The SMILES string of the molecule is CC1(C)C2=C(CCC=C2)C2=C3c4ccc5ccccc5c4N(c4ccc5c(c4)C(C)(C)c4ccccc4-5)C3Cc3cccc1c32. The molecule has 0 spiro atoms. The van der Waals surface area contributed by atoms with Crippen molar-refractivity contribution in [2.45, 2.75) is 63.8 Å². The van der Waals surface area contributed by atoms with Crippen LogP contribution in [-0.4, -0.2) is 6.04 Å². The lowest BCUT2D eigenvalue weighted by Gasteiger charge is -2.44. The fourth-order valence-electron chi connectivity index (χ4n) is 9.74. The van der Waals surface area contributed by atoms with Crippen LogP contribution in [0.15, 0.2) is 120 Å². The number of nitrogens with zero attached hydrogens (tertiary/aromatic N) is 1. The summed E-state index contributed by atoms with van der Waals surface area (Å²) in [5, 5.41) is 2.65. The largest absolute Gasteiger partial charge is 0.332 e. The van der Waals surface area contributed by atoms with Crippen molar-refractivity contribution in [3.63, 3.8) is 0 Å². The maximum Gasteiger partial charge on any atom is 0.0645 e. The minimum atomic E-state index is -0.0400. The third-order valence-corrected chi connectivity index (χ3v) is 11.8. The summed E-state index contributed by atoms with van der Waals surface area (Å²) < 4.78 is 0. The van der Waals surface area contributed by atoms with Crippen molar-refractivity contribution in [1.82, 2.24) is 0 Å². The number of anilines is 2. The molecular formula is C44H37N. The van der Waals surface area contributed by atoms with Crippen molar-refractivity contribution in [2.24, 2.45) is 0 Å². The van der Waals surface area contributed by atoms with Crippen LogP contribution < -0.4 is 4.90 Å². The molecule has 218 valence electrons. The van der Waals surface area contributed by atoms with Crippen LogP contribution in [0.5, 0.6) is 0 Å². The van der Waals surface area contributed by atoms with Gasteiger partial charge in [0, 0.05) is 27.5 Å². The first kappa shape index (κ1) is 25.7. The van der Waals surface area contributed by atoms with Crippen LogP contribution in [0.3, 0.4) is 0 Å². The second-order valence-corrected chi connectivity index (χ2v) is 14.8. The van der Waals surface area contributed by atoms with Crippen molar-refractivity contribution in [1.29, 1.82) is 0 Å². The summed E-state index contributed by atoms with van der Waals surface area (Å²) in [5.74, 6) is 0. The van der Waals surface area contributed by atoms with Gasteiger partial charge in [0.05, 0.1) is 11.7 Å². The lowest BCUT2D eigenvalue weighted by atomic mass is 9.61. The highest BCUT2D eigenvalue weighted by Crippen LogP contribution is 2.61. The predicted molar refractivity (Wildman–Crippen MR) is 189 cm³/mol. The third kappa shape index (κ3) is 3.14. The summed E-state index contributed by atoms with van der Waals surface area (Å²) in [6.45, 7) is 9.67. The van der Waals surface area contributed by atoms with Crippen LogP contribution in [0.4, 0.5) is 11.4 Å². The lowest BCUT2D eigenvalue weighted by Crippen LogP contribution is -2.36. The zero-order valence-corrected chi connectivity index (χ0v) is 26.5. The Balaban J connectivity index is 1.29. The fraction of sp³-hybridized carbons (Fsp3) is 0.227. The van der Waals surface area contributed by atoms with Crippen molar-refractivity contribution in [3.05, 3.63) is 154 Å². The van der Waals surface area contributed by atoms with E-state index in [4.69, 9.17) is 0 Å². The van der Waals surface area contributed by atoms with E-state index in [0.717, 1.165) is 19.3 Å². The summed E-state index contributed by atoms with van der Waals surface area (Å²) in [4.78, 5) is 2.73. The van der Waals surface area contributed by atoms with E-state index in [2.05, 4.69) is 142 Å². The molecular weight excluding hydrogens is 542 g/mol. The molecule has 45 heavy (non-hydrogen) atoms. The molecule has 0 saturated heterocycles. The number of hydrogen-bond acceptors (Lipinski definition) is 1. The quantitative estimate of drug-likeness (QED) is 0.191. The Bertz CT molecular complexity index is 2250. The Hall–Kier alpha value is -4.62. The standard InChI is InChI=1S/C44H37N/c1-43(2)35-18-10-8-16-32(35)41-39-27(13-11-19-36(39)43)24-38-40(41)33-22-20-26-12-5-6-14-29(26)42(33)45(38)28-21-23-31-30-15-7-9-17-34(30)44(3,4)37(31)25-28/h5-7,9-15,17-23,25,38H,8,16,24H2,1-4H3. The van der Waals surface area contributed by atoms with Gasteiger partial charge in [-0.25, -0.2) is 0 Å². The van der Waals surface area contributed by atoms with Gasteiger partial charge in [-0.2, -0.15) is 0 Å². The van der Waals surface area contributed by atoms with Gasteiger partial charge in [0.2, 0.25) is 0 Å². The van der Waals surface area contributed by atoms with Gasteiger partial charge in [0.25, 0.3) is 0 Å². The minimum Gasteiger partial charge on any atom is -0.332 e. The molecule has 0 radical (unpaired) electrons. The average molecular weight is 580 g/mol. The minimum absolute atomic E-state index is 0.000425. The molecule has 0 N–H and O–H groups in total. The van der Waals surface area contributed by atoms with Crippen LogP contribution in [0.1, 0.15) is 73.9 Å². The first-order valence-corrected chi connectivity index (χ1v) is 16.7. The van der Waals surface area contributed by atoms with E-state index in [9.17, 15) is 0 Å². The van der Waals surface area contributed by atoms with Crippen molar-refractivity contribution in [2.75, 3.05) is 4.90 Å². The molecule has 5 aromatic rings. The number of benzene rings is 5. The molecule has 0 bridgehead atoms. The zero-order valence-electron chi connectivity index (χ0n) is 26.5. The van der Waals surface area contributed by atoms with Gasteiger partial charge < -0.3 is 4.90 Å². The molecule has 0 saturated carbocycles. The number of allylic oxidation sites excluding steroid dienone is 5. The van der Waals surface area contributed by atoms with Gasteiger partial charge in [0.1, 0.15) is 0 Å². The van der Waals surface area contributed by atoms with E-state index in [-0.39, 0.29) is 16.9 Å². The number of fused-ring (bicyclic) bond motifs is 9. The van der Waals surface area contributed by atoms with Gasteiger partial charge in [-0.1, -0.05) is 125 Å². The van der Waals surface area contributed by atoms with E-state index < -0.39 is 0 Å². The molecule has 1 heteroatoms. The maximum absolute atomic E-state index is 2.73. The highest BCUT2D eigenvalue weighted by Gasteiger charge is 2.47. The van der Waals surface area contributed by atoms with Crippen LogP contribution in [0.2, 0.25) is 0 Å². The summed E-state index contributed by atoms with van der Waals surface area (Å²) in [5.41, 5.74) is 20.4. The van der Waals surface area contributed by atoms with Gasteiger partial charge in [0.15, 0.2) is 0 Å². The van der Waals surface area contributed by atoms with Crippen molar-refractivity contribution in [3.8, 4) is 11.1 Å². The summed E-state index contributed by atoms with van der Waals surface area (Å²) in [6, 6.07) is 37.5. The molecule has 0 aromatic heterocycles. The fourth-order valence-corrected chi connectivity index (χ4v) is 9.74. The first-order chi connectivity index (χ1) is 21.9. The number of rotatable bonds is 1. The van der Waals surface area contributed by atoms with Crippen LogP contribution in [0.25, 0.3) is 33.0 Å². The third-order valence-electron chi connectivity index (χ3n) is 11.8. The molecule has 1 unspecified atom stereocenters. The highest BCUT2D eigenvalue weighted by atomic mass is 15.2. The molecule has 5 aliphatic rings. The normalized spacial score (nSPS) is 20.9. The Labute approximate surface area is 266 Å². The van der Waals surface area contributed by atoms with Gasteiger partial charge in [-0.3, -0.25) is 0 Å². The van der Waals surface area contributed by atoms with Gasteiger partial charge in [-0.05, 0) is 98.0 Å². The molecule has 5 aromatic carbocycles. The Morgan fingerprint density at radius 2 is 1.47 bits per heavy atom. The average Bonchev–Trinajstić information content (AvgIpc) is 3.51. The molecule has 0 fully saturated rings. The highest BCUT2D eigenvalue weighted by molar-refractivity contribution is 6.16. The van der Waals surface area contributed by atoms with Crippen LogP contribution in [0, 0.1) is 0 Å². The van der Waals surface area contributed by atoms with E-state index >= 15 is 0 Å². The Kier molecular flexibility index (Phi) is 4.88. The van der Waals surface area contributed by atoms with Crippen LogP contribution >= 0.6 is 0 Å². The second kappa shape index (κ2) is 8.55. The van der Waals surface area contributed by atoms with Crippen molar-refractivity contribution < 1.29 is 0 Å². The summed E-state index contributed by atoms with van der Waals surface area (Å²) >= 11 is 0. The maximum atomic E-state index is 2.73. The predicted octanol–water partition coefficient (Wildman–Crippen LogP) is 11.1. The Morgan fingerprint density at radius 3 is 2.38 bits per heavy atom. The second-order valence-electron chi connectivity index (χ2n) is 14.8. The molecule has 1 nitrogen and oxygen atoms in total. The first-order valence-electron chi connectivity index (χ1n) is 16.7. The topological polar surface area (TPSA) is 3.24 Å². The zero-order chi connectivity index (χ0) is 30.2. The van der Waals surface area contributed by atoms with E-state index in [1.54, 1.807) is 5.57 Å². The molecule has 1 heterocycles. The van der Waals surface area contributed by atoms with Gasteiger partial charge >= 0.3 is 0 Å². The Morgan fingerprint density at radius 1 is 0.689 bits per heavy atom.